The highest BCUT2D eigenvalue weighted by molar-refractivity contribution is 8.01. The number of furan rings is 1. The molecule has 10 heteroatoms. The first-order chi connectivity index (χ1) is 12.3. The maximum absolute atomic E-state index is 5.76. The number of nitrogens with one attached hydrogen (secondary N) is 1. The number of aromatic nitrogens is 4. The summed E-state index contributed by atoms with van der Waals surface area (Å²) < 4.78 is 11.9. The van der Waals surface area contributed by atoms with Gasteiger partial charge in [-0.05, 0) is 30.5 Å². The molecule has 0 aliphatic rings. The van der Waals surface area contributed by atoms with Crippen molar-refractivity contribution in [2.24, 2.45) is 0 Å². The van der Waals surface area contributed by atoms with Crippen LogP contribution in [0, 0.1) is 0 Å². The number of rotatable bonds is 7. The third kappa shape index (κ3) is 3.91. The molecule has 0 fully saturated rings. The van der Waals surface area contributed by atoms with E-state index in [-0.39, 0.29) is 5.25 Å². The zero-order chi connectivity index (χ0) is 17.1. The van der Waals surface area contributed by atoms with Crippen LogP contribution in [0.4, 0.5) is 5.13 Å². The summed E-state index contributed by atoms with van der Waals surface area (Å²) >= 11 is 4.60. The second-order valence-electron chi connectivity index (χ2n) is 4.99. The van der Waals surface area contributed by atoms with E-state index in [1.54, 1.807) is 29.4 Å². The minimum absolute atomic E-state index is 0.00733. The highest BCUT2D eigenvalue weighted by Crippen LogP contribution is 2.37. The van der Waals surface area contributed by atoms with Gasteiger partial charge >= 0.3 is 0 Å². The van der Waals surface area contributed by atoms with Crippen LogP contribution < -0.4 is 5.32 Å². The predicted octanol–water partition coefficient (Wildman–Crippen LogP) is 4.71. The molecule has 4 aromatic rings. The normalized spacial score (nSPS) is 12.4. The number of hydrogen-bond donors (Lipinski definition) is 1. The molecule has 4 aromatic heterocycles. The molecular formula is C15H13N5O2S3. The number of anilines is 1. The predicted molar refractivity (Wildman–Crippen MR) is 97.8 cm³/mol. The zero-order valence-electron chi connectivity index (χ0n) is 13.1. The summed E-state index contributed by atoms with van der Waals surface area (Å²) in [6.45, 7) is 2.59. The lowest BCUT2D eigenvalue weighted by Gasteiger charge is -2.02. The molecule has 0 saturated carbocycles. The summed E-state index contributed by atoms with van der Waals surface area (Å²) in [7, 11) is 0. The molecule has 1 N–H and O–H groups in total. The molecule has 4 heterocycles. The third-order valence-electron chi connectivity index (χ3n) is 3.20. The van der Waals surface area contributed by atoms with E-state index in [0.717, 1.165) is 20.1 Å². The van der Waals surface area contributed by atoms with Crippen LogP contribution >= 0.6 is 34.4 Å². The number of thiophene rings is 1. The molecule has 0 aliphatic carbocycles. The summed E-state index contributed by atoms with van der Waals surface area (Å²) in [6, 6.07) is 7.68. The molecule has 0 radical (unpaired) electrons. The van der Waals surface area contributed by atoms with Crippen LogP contribution in [0.25, 0.3) is 10.8 Å². The van der Waals surface area contributed by atoms with Gasteiger partial charge in [-0.25, -0.2) is 0 Å². The molecule has 0 saturated heterocycles. The van der Waals surface area contributed by atoms with Crippen LogP contribution in [-0.2, 0) is 6.54 Å². The second kappa shape index (κ2) is 7.38. The number of hydrogen-bond acceptors (Lipinski definition) is 10. The van der Waals surface area contributed by atoms with Gasteiger partial charge in [0.05, 0.1) is 22.9 Å². The van der Waals surface area contributed by atoms with Crippen LogP contribution in [-0.4, -0.2) is 20.4 Å². The van der Waals surface area contributed by atoms with E-state index in [0.29, 0.717) is 18.3 Å². The van der Waals surface area contributed by atoms with Gasteiger partial charge in [-0.1, -0.05) is 29.2 Å². The molecule has 4 rings (SSSR count). The lowest BCUT2D eigenvalue weighted by atomic mass is 10.4. The van der Waals surface area contributed by atoms with Crippen molar-refractivity contribution < 1.29 is 8.83 Å². The molecule has 0 aromatic carbocycles. The Balaban J connectivity index is 1.37. The van der Waals surface area contributed by atoms with Gasteiger partial charge in [-0.2, -0.15) is 0 Å². The monoisotopic (exact) mass is 391 g/mol. The first kappa shape index (κ1) is 16.3. The second-order valence-corrected chi connectivity index (χ2v) is 8.50. The molecule has 7 nitrogen and oxygen atoms in total. The minimum Gasteiger partial charge on any atom is -0.467 e. The fourth-order valence-corrected chi connectivity index (χ4v) is 4.57. The van der Waals surface area contributed by atoms with Gasteiger partial charge in [0.25, 0.3) is 5.89 Å². The standard InChI is InChI=1S/C15H13N5O2S3/c1-9(12-17-18-13(22-12)11-5-3-7-23-11)24-15-20-19-14(25-15)16-8-10-4-2-6-21-10/h2-7,9H,8H2,1H3,(H,16,19)/t9-/m0/s1. The van der Waals surface area contributed by atoms with E-state index in [4.69, 9.17) is 8.83 Å². The Hall–Kier alpha value is -2.17. The molecule has 0 amide bonds. The average Bonchev–Trinajstić information content (AvgIpc) is 3.40. The van der Waals surface area contributed by atoms with Crippen LogP contribution in [0.5, 0.6) is 0 Å². The van der Waals surface area contributed by atoms with Crippen molar-refractivity contribution in [3.05, 3.63) is 47.6 Å². The quantitative estimate of drug-likeness (QED) is 0.453. The van der Waals surface area contributed by atoms with E-state index in [9.17, 15) is 0 Å². The van der Waals surface area contributed by atoms with Crippen molar-refractivity contribution >= 4 is 39.6 Å². The molecule has 0 unspecified atom stereocenters. The zero-order valence-corrected chi connectivity index (χ0v) is 15.5. The van der Waals surface area contributed by atoms with Crippen molar-refractivity contribution in [2.45, 2.75) is 23.1 Å². The van der Waals surface area contributed by atoms with Crippen LogP contribution in [0.15, 0.2) is 49.1 Å². The molecular weight excluding hydrogens is 378 g/mol. The molecule has 128 valence electrons. The van der Waals surface area contributed by atoms with Crippen molar-refractivity contribution in [2.75, 3.05) is 5.32 Å². The molecule has 1 atom stereocenters. The first-order valence-electron chi connectivity index (χ1n) is 7.41. The lowest BCUT2D eigenvalue weighted by Crippen LogP contribution is -1.96. The fourth-order valence-electron chi connectivity index (χ4n) is 2.01. The number of nitrogens with zero attached hydrogens (tertiary/aromatic N) is 4. The maximum atomic E-state index is 5.76. The van der Waals surface area contributed by atoms with E-state index >= 15 is 0 Å². The first-order valence-corrected chi connectivity index (χ1v) is 9.99. The van der Waals surface area contributed by atoms with E-state index in [1.807, 2.05) is 36.6 Å². The Kier molecular flexibility index (Phi) is 4.81. The summed E-state index contributed by atoms with van der Waals surface area (Å²) in [5.74, 6) is 1.98. The molecule has 0 aliphatic heterocycles. The van der Waals surface area contributed by atoms with Crippen molar-refractivity contribution in [1.29, 1.82) is 0 Å². The average molecular weight is 392 g/mol. The number of thioether (sulfide) groups is 1. The Bertz CT molecular complexity index is 917. The molecule has 25 heavy (non-hydrogen) atoms. The van der Waals surface area contributed by atoms with Gasteiger partial charge in [0.2, 0.25) is 11.0 Å². The summed E-state index contributed by atoms with van der Waals surface area (Å²) in [5, 5.41) is 22.5. The summed E-state index contributed by atoms with van der Waals surface area (Å²) in [4.78, 5) is 0.969. The van der Waals surface area contributed by atoms with E-state index in [2.05, 4.69) is 25.7 Å². The van der Waals surface area contributed by atoms with Crippen LogP contribution in [0.3, 0.4) is 0 Å². The largest absolute Gasteiger partial charge is 0.467 e. The third-order valence-corrected chi connectivity index (χ3v) is 6.11. The topological polar surface area (TPSA) is 89.9 Å². The summed E-state index contributed by atoms with van der Waals surface area (Å²) in [6.07, 6.45) is 1.65. The Morgan fingerprint density at radius 3 is 2.96 bits per heavy atom. The van der Waals surface area contributed by atoms with Crippen molar-refractivity contribution in [1.82, 2.24) is 20.4 Å². The molecule has 0 spiro atoms. The fraction of sp³-hybridized carbons (Fsp3) is 0.200. The van der Waals surface area contributed by atoms with Gasteiger partial charge < -0.3 is 14.2 Å². The smallest absolute Gasteiger partial charge is 0.257 e. The van der Waals surface area contributed by atoms with E-state index in [1.165, 1.54) is 11.3 Å². The van der Waals surface area contributed by atoms with Crippen molar-refractivity contribution in [3.63, 3.8) is 0 Å². The Labute approximate surface area is 155 Å². The van der Waals surface area contributed by atoms with Crippen LogP contribution in [0.1, 0.15) is 23.8 Å². The van der Waals surface area contributed by atoms with Gasteiger partial charge in [-0.15, -0.1) is 31.7 Å². The lowest BCUT2D eigenvalue weighted by molar-refractivity contribution is 0.510. The molecule has 0 bridgehead atoms. The Morgan fingerprint density at radius 2 is 2.16 bits per heavy atom. The summed E-state index contributed by atoms with van der Waals surface area (Å²) in [5.41, 5.74) is 0. The van der Waals surface area contributed by atoms with Gasteiger partial charge in [0, 0.05) is 0 Å². The highest BCUT2D eigenvalue weighted by Gasteiger charge is 2.18. The van der Waals surface area contributed by atoms with Gasteiger partial charge in [-0.3, -0.25) is 0 Å². The van der Waals surface area contributed by atoms with Gasteiger partial charge in [0.1, 0.15) is 5.76 Å². The van der Waals surface area contributed by atoms with Gasteiger partial charge in [0.15, 0.2) is 4.34 Å². The maximum Gasteiger partial charge on any atom is 0.257 e. The van der Waals surface area contributed by atoms with Crippen LogP contribution in [0.2, 0.25) is 0 Å². The van der Waals surface area contributed by atoms with Crippen molar-refractivity contribution in [3.8, 4) is 10.8 Å². The Morgan fingerprint density at radius 1 is 1.20 bits per heavy atom. The SMILES string of the molecule is C[C@H](Sc1nnc(NCc2ccco2)s1)c1nnc(-c2cccs2)o1. The highest BCUT2D eigenvalue weighted by atomic mass is 32.2. The van der Waals surface area contributed by atoms with E-state index < -0.39 is 0 Å². The minimum atomic E-state index is -0.00733.